The third-order valence-corrected chi connectivity index (χ3v) is 4.84. The van der Waals surface area contributed by atoms with Crippen molar-refractivity contribution in [1.29, 1.82) is 0 Å². The molecule has 0 saturated carbocycles. The van der Waals surface area contributed by atoms with Crippen LogP contribution in [0.3, 0.4) is 0 Å². The fourth-order valence-electron chi connectivity index (χ4n) is 0.658. The molecule has 3 heteroatoms. The summed E-state index contributed by atoms with van der Waals surface area (Å²) < 4.78 is 4.17. The van der Waals surface area contributed by atoms with Gasteiger partial charge < -0.3 is 0 Å². The number of benzene rings is 1. The Bertz CT molecular complexity index is 188. The second-order valence-corrected chi connectivity index (χ2v) is 7.18. The van der Waals surface area contributed by atoms with Crippen LogP contribution in [-0.2, 0) is 24.9 Å². The predicted molar refractivity (Wildman–Crippen MR) is 31.9 cm³/mol. The first kappa shape index (κ1) is 6.87. The van der Waals surface area contributed by atoms with Crippen molar-refractivity contribution < 1.29 is 24.9 Å². The van der Waals surface area contributed by atoms with Gasteiger partial charge in [-0.3, -0.25) is 0 Å². The molecule has 42 valence electrons. The van der Waals surface area contributed by atoms with Crippen LogP contribution in [0.4, 0.5) is 0 Å². The second-order valence-electron chi connectivity index (χ2n) is 1.77. The molecule has 0 heterocycles. The quantitative estimate of drug-likeness (QED) is 0.594. The van der Waals surface area contributed by atoms with Gasteiger partial charge in [-0.1, -0.05) is 0 Å². The minimum absolute atomic E-state index is 1.19. The molecule has 0 bridgehead atoms. The summed E-state index contributed by atoms with van der Waals surface area (Å²) in [5.74, 6) is 0. The standard InChI is InChI=1S/C6H5.Hg.NO/c1-2-4-6-5-3-1;;1-2/h1-5H;;/q;+1;-1. The molecule has 1 aromatic carbocycles. The van der Waals surface area contributed by atoms with Crippen molar-refractivity contribution in [3.05, 3.63) is 35.2 Å². The summed E-state index contributed by atoms with van der Waals surface area (Å²) in [6, 6.07) is 9.79. The van der Waals surface area contributed by atoms with Crippen LogP contribution in [0.1, 0.15) is 0 Å². The fraction of sp³-hybridized carbons (Fsp3) is 0. The minimum atomic E-state index is -1.50. The van der Waals surface area contributed by atoms with E-state index in [1.54, 1.807) is 0 Å². The number of hydrogen-bond acceptors (Lipinski definition) is 2. The number of nitroso groups, excluding NO2 is 1. The van der Waals surface area contributed by atoms with E-state index in [1.807, 2.05) is 30.3 Å². The zero-order chi connectivity index (χ0) is 6.53. The molecule has 9 heavy (non-hydrogen) atoms. The van der Waals surface area contributed by atoms with E-state index in [-0.39, 0.29) is 0 Å². The Balaban J connectivity index is 2.72. The zero-order valence-electron chi connectivity index (χ0n) is 4.95. The number of hydrogen-bond donors (Lipinski definition) is 0. The molecule has 0 saturated heterocycles. The van der Waals surface area contributed by atoms with Crippen LogP contribution in [-0.4, -0.2) is 0 Å². The van der Waals surface area contributed by atoms with E-state index < -0.39 is 24.9 Å². The van der Waals surface area contributed by atoms with Crippen LogP contribution < -0.4 is 3.07 Å². The maximum absolute atomic E-state index is 9.82. The predicted octanol–water partition coefficient (Wildman–Crippen LogP) is 1.08. The molecular weight excluding hydrogens is 303 g/mol. The molecule has 1 aromatic rings. The summed E-state index contributed by atoms with van der Waals surface area (Å²) >= 11 is -1.50. The average molecular weight is 308 g/mol. The maximum atomic E-state index is 9.82. The molecule has 0 aliphatic carbocycles. The Morgan fingerprint density at radius 2 is 1.89 bits per heavy atom. The van der Waals surface area contributed by atoms with Crippen molar-refractivity contribution >= 4 is 3.07 Å². The second kappa shape index (κ2) is 3.72. The molecule has 1 rings (SSSR count). The molecule has 0 unspecified atom stereocenters. The van der Waals surface area contributed by atoms with Crippen molar-refractivity contribution in [3.63, 3.8) is 0 Å². The molecule has 0 aliphatic heterocycles. The fourth-order valence-corrected chi connectivity index (χ4v) is 3.12. The molecule has 0 fully saturated rings. The van der Waals surface area contributed by atoms with Gasteiger partial charge in [0.25, 0.3) is 0 Å². The first-order valence-electron chi connectivity index (χ1n) is 2.76. The van der Waals surface area contributed by atoms with Gasteiger partial charge in [0.2, 0.25) is 0 Å². The van der Waals surface area contributed by atoms with Gasteiger partial charge in [-0.05, 0) is 0 Å². The summed E-state index contributed by atoms with van der Waals surface area (Å²) in [6.45, 7) is 0. The Hall–Kier alpha value is -0.245. The van der Waals surface area contributed by atoms with Crippen LogP contribution in [0, 0.1) is 4.91 Å². The van der Waals surface area contributed by atoms with E-state index in [2.05, 4.69) is 2.94 Å². The van der Waals surface area contributed by atoms with Crippen LogP contribution >= 0.6 is 0 Å². The van der Waals surface area contributed by atoms with Crippen LogP contribution in [0.2, 0.25) is 0 Å². The van der Waals surface area contributed by atoms with E-state index in [1.165, 1.54) is 3.07 Å². The van der Waals surface area contributed by atoms with Crippen LogP contribution in [0.25, 0.3) is 0 Å². The van der Waals surface area contributed by atoms with Gasteiger partial charge in [-0.15, -0.1) is 0 Å². The summed E-state index contributed by atoms with van der Waals surface area (Å²) in [6.07, 6.45) is 0. The van der Waals surface area contributed by atoms with Gasteiger partial charge in [0.15, 0.2) is 0 Å². The monoisotopic (exact) mass is 309 g/mol. The third kappa shape index (κ3) is 2.22. The van der Waals surface area contributed by atoms with Gasteiger partial charge in [0.1, 0.15) is 0 Å². The first-order valence-corrected chi connectivity index (χ1v) is 7.97. The van der Waals surface area contributed by atoms with Gasteiger partial charge in [-0.2, -0.15) is 0 Å². The Labute approximate surface area is 66.1 Å². The zero-order valence-corrected chi connectivity index (χ0v) is 10.4. The summed E-state index contributed by atoms with van der Waals surface area (Å²) in [5, 5.41) is 0. The van der Waals surface area contributed by atoms with Crippen LogP contribution in [0.5, 0.6) is 0 Å². The molecule has 0 aliphatic rings. The molecule has 2 nitrogen and oxygen atoms in total. The summed E-state index contributed by atoms with van der Waals surface area (Å²) in [5.41, 5.74) is 0. The normalized spacial score (nSPS) is 8.00. The van der Waals surface area contributed by atoms with Crippen LogP contribution in [0.15, 0.2) is 33.3 Å². The van der Waals surface area contributed by atoms with Crippen molar-refractivity contribution in [1.82, 2.24) is 0 Å². The van der Waals surface area contributed by atoms with Gasteiger partial charge in [0, 0.05) is 0 Å². The van der Waals surface area contributed by atoms with E-state index >= 15 is 0 Å². The summed E-state index contributed by atoms with van der Waals surface area (Å²) in [7, 11) is 0. The Morgan fingerprint density at radius 3 is 2.44 bits per heavy atom. The average Bonchev–Trinajstić information content (AvgIpc) is 1.91. The van der Waals surface area contributed by atoms with Crippen molar-refractivity contribution in [2.75, 3.05) is 0 Å². The molecule has 0 atom stereocenters. The summed E-state index contributed by atoms with van der Waals surface area (Å²) in [4.78, 5) is 9.82. The molecular formula is C6H5HgNO. The first-order chi connectivity index (χ1) is 4.43. The topological polar surface area (TPSA) is 29.4 Å². The van der Waals surface area contributed by atoms with E-state index in [4.69, 9.17) is 0 Å². The van der Waals surface area contributed by atoms with Crippen molar-refractivity contribution in [2.45, 2.75) is 0 Å². The van der Waals surface area contributed by atoms with Gasteiger partial charge >= 0.3 is 66.1 Å². The third-order valence-electron chi connectivity index (χ3n) is 1.09. The van der Waals surface area contributed by atoms with E-state index in [0.29, 0.717) is 0 Å². The van der Waals surface area contributed by atoms with E-state index in [0.717, 1.165) is 0 Å². The number of nitrogens with zero attached hydrogens (tertiary/aromatic N) is 1. The van der Waals surface area contributed by atoms with E-state index in [9.17, 15) is 4.91 Å². The molecule has 0 N–H and O–H groups in total. The Kier molecular flexibility index (Phi) is 2.84. The molecule has 0 amide bonds. The molecule has 0 radical (unpaired) electrons. The Morgan fingerprint density at radius 1 is 1.22 bits per heavy atom. The van der Waals surface area contributed by atoms with Crippen molar-refractivity contribution in [3.8, 4) is 0 Å². The number of rotatable bonds is 2. The van der Waals surface area contributed by atoms with Gasteiger partial charge in [-0.25, -0.2) is 0 Å². The SMILES string of the molecule is O=[N][Hg][c]1ccccc1. The van der Waals surface area contributed by atoms with Gasteiger partial charge in [0.05, 0.1) is 0 Å². The molecule has 0 spiro atoms. The van der Waals surface area contributed by atoms with Crippen molar-refractivity contribution in [2.24, 2.45) is 2.94 Å². The molecule has 0 aromatic heterocycles.